The van der Waals surface area contributed by atoms with E-state index in [-0.39, 0.29) is 41.9 Å². The van der Waals surface area contributed by atoms with E-state index in [1.54, 1.807) is 0 Å². The normalized spacial score (nSPS) is 13.2. The van der Waals surface area contributed by atoms with Crippen LogP contribution in [0.2, 0.25) is 0 Å². The largest absolute Gasteiger partial charge is 0.469 e. The van der Waals surface area contributed by atoms with E-state index in [1.165, 1.54) is 12.7 Å². The molecule has 0 spiro atoms. The Morgan fingerprint density at radius 2 is 1.67 bits per heavy atom. The zero-order valence-electron chi connectivity index (χ0n) is 19.3. The highest BCUT2D eigenvalue weighted by Gasteiger charge is 2.32. The van der Waals surface area contributed by atoms with Crippen molar-refractivity contribution in [3.05, 3.63) is 64.6 Å². The predicted octanol–water partition coefficient (Wildman–Crippen LogP) is 6.20. The van der Waals surface area contributed by atoms with E-state index in [0.717, 1.165) is 35.8 Å². The van der Waals surface area contributed by atoms with Crippen LogP contribution in [0.15, 0.2) is 59.1 Å². The van der Waals surface area contributed by atoms with Gasteiger partial charge in [0.2, 0.25) is 0 Å². The molecule has 182 valence electrons. The Morgan fingerprint density at radius 1 is 1.03 bits per heavy atom. The minimum Gasteiger partial charge on any atom is -0.469 e. The number of rotatable bonds is 12. The quantitative estimate of drug-likeness (QED) is 0.148. The lowest BCUT2D eigenvalue weighted by atomic mass is 9.74. The summed E-state index contributed by atoms with van der Waals surface area (Å²) in [7, 11) is 1.41. The van der Waals surface area contributed by atoms with E-state index in [0.29, 0.717) is 19.4 Å². The Morgan fingerprint density at radius 3 is 2.30 bits per heavy atom. The number of hydrogen-bond acceptors (Lipinski definition) is 4. The van der Waals surface area contributed by atoms with Crippen LogP contribution in [0.1, 0.15) is 56.9 Å². The first-order valence-corrected chi connectivity index (χ1v) is 11.8. The molecule has 6 nitrogen and oxygen atoms in total. The van der Waals surface area contributed by atoms with Gasteiger partial charge in [0.25, 0.3) is 0 Å². The van der Waals surface area contributed by atoms with Gasteiger partial charge >= 0.3 is 12.0 Å². The van der Waals surface area contributed by atoms with Gasteiger partial charge in [0.05, 0.1) is 7.11 Å². The monoisotopic (exact) mass is 631 g/mol. The molecule has 0 aliphatic carbocycles. The standard InChI is InChI=1S/C25H34BrN3O3.HI/c1-19(20-9-4-3-5-10-20)25(27,17-8-11-23(30)32-2)16-6-7-18-28-24(31)29-22-14-12-21(26)13-15-22;/h3-5,9-10,12-15,19H,6-8,11,16-18,27H2,1-2H3,(H2,28,29,31);1H/t19-,25?;/m0./s1. The smallest absolute Gasteiger partial charge is 0.319 e. The molecule has 0 aliphatic rings. The van der Waals surface area contributed by atoms with E-state index < -0.39 is 5.54 Å². The number of ether oxygens (including phenoxy) is 1. The zero-order valence-corrected chi connectivity index (χ0v) is 23.2. The van der Waals surface area contributed by atoms with Gasteiger partial charge in [-0.1, -0.05) is 53.2 Å². The summed E-state index contributed by atoms with van der Waals surface area (Å²) in [5.41, 5.74) is 8.41. The number of carbonyl (C=O) groups is 2. The maximum absolute atomic E-state index is 12.1. The molecule has 1 unspecified atom stereocenters. The van der Waals surface area contributed by atoms with Crippen molar-refractivity contribution in [1.29, 1.82) is 0 Å². The number of hydrogen-bond donors (Lipinski definition) is 3. The van der Waals surface area contributed by atoms with Crippen molar-refractivity contribution in [2.24, 2.45) is 5.73 Å². The highest BCUT2D eigenvalue weighted by molar-refractivity contribution is 14.0. The van der Waals surface area contributed by atoms with Gasteiger partial charge in [0.15, 0.2) is 0 Å². The second kappa shape index (κ2) is 15.3. The SMILES string of the molecule is COC(=O)CCCC(N)(CCCCNC(=O)Nc1ccc(Br)cc1)[C@@H](C)c1ccccc1.I. The first-order valence-electron chi connectivity index (χ1n) is 11.0. The van der Waals surface area contributed by atoms with Crippen LogP contribution in [0.5, 0.6) is 0 Å². The fourth-order valence-electron chi connectivity index (χ4n) is 3.79. The summed E-state index contributed by atoms with van der Waals surface area (Å²) in [6.07, 6.45) is 4.30. The summed E-state index contributed by atoms with van der Waals surface area (Å²) in [5.74, 6) is -0.0595. The first-order chi connectivity index (χ1) is 15.3. The summed E-state index contributed by atoms with van der Waals surface area (Å²) in [6.45, 7) is 2.72. The van der Waals surface area contributed by atoms with Crippen molar-refractivity contribution in [1.82, 2.24) is 5.32 Å². The molecule has 33 heavy (non-hydrogen) atoms. The van der Waals surface area contributed by atoms with Crippen molar-refractivity contribution in [2.45, 2.75) is 56.9 Å². The van der Waals surface area contributed by atoms with Crippen LogP contribution in [0.25, 0.3) is 0 Å². The molecule has 0 heterocycles. The number of methoxy groups -OCH3 is 1. The Hall–Kier alpha value is -1.65. The van der Waals surface area contributed by atoms with Crippen LogP contribution < -0.4 is 16.4 Å². The molecule has 0 aromatic heterocycles. The molecular formula is C25H35BrIN3O3. The fraction of sp³-hybridized carbons (Fsp3) is 0.440. The predicted molar refractivity (Wildman–Crippen MR) is 148 cm³/mol. The minimum atomic E-state index is -0.435. The molecule has 2 amide bonds. The third-order valence-corrected chi connectivity index (χ3v) is 6.40. The third kappa shape index (κ3) is 10.4. The van der Waals surface area contributed by atoms with Gasteiger partial charge < -0.3 is 21.1 Å². The van der Waals surface area contributed by atoms with E-state index in [2.05, 4.69) is 45.6 Å². The van der Waals surface area contributed by atoms with Crippen LogP contribution in [-0.2, 0) is 9.53 Å². The molecule has 0 fully saturated rings. The molecule has 2 aromatic rings. The number of esters is 1. The van der Waals surface area contributed by atoms with Crippen LogP contribution in [-0.4, -0.2) is 31.2 Å². The molecule has 4 N–H and O–H groups in total. The van der Waals surface area contributed by atoms with Gasteiger partial charge in [-0.2, -0.15) is 0 Å². The average molecular weight is 632 g/mol. The Balaban J connectivity index is 0.00000544. The number of nitrogens with two attached hydrogens (primary N) is 1. The lowest BCUT2D eigenvalue weighted by Gasteiger charge is -2.36. The molecule has 0 aliphatic heterocycles. The molecule has 2 atom stereocenters. The fourth-order valence-corrected chi connectivity index (χ4v) is 4.05. The number of amides is 2. The summed E-state index contributed by atoms with van der Waals surface area (Å²) >= 11 is 3.38. The van der Waals surface area contributed by atoms with E-state index in [4.69, 9.17) is 10.5 Å². The van der Waals surface area contributed by atoms with E-state index in [1.807, 2.05) is 42.5 Å². The molecular weight excluding hydrogens is 597 g/mol. The van der Waals surface area contributed by atoms with Crippen LogP contribution in [0.4, 0.5) is 10.5 Å². The summed E-state index contributed by atoms with van der Waals surface area (Å²) < 4.78 is 5.73. The van der Waals surface area contributed by atoms with Crippen molar-refractivity contribution in [3.63, 3.8) is 0 Å². The van der Waals surface area contributed by atoms with E-state index in [9.17, 15) is 9.59 Å². The molecule has 0 saturated heterocycles. The number of unbranched alkanes of at least 4 members (excludes halogenated alkanes) is 1. The summed E-state index contributed by atoms with van der Waals surface area (Å²) in [6, 6.07) is 17.5. The number of nitrogens with one attached hydrogen (secondary N) is 2. The molecule has 0 bridgehead atoms. The molecule has 0 radical (unpaired) electrons. The highest BCUT2D eigenvalue weighted by Crippen LogP contribution is 2.34. The number of benzene rings is 2. The van der Waals surface area contributed by atoms with Gasteiger partial charge in [0, 0.05) is 28.7 Å². The van der Waals surface area contributed by atoms with Gasteiger partial charge in [-0.3, -0.25) is 4.79 Å². The minimum absolute atomic E-state index is 0. The van der Waals surface area contributed by atoms with Gasteiger partial charge in [-0.25, -0.2) is 4.79 Å². The highest BCUT2D eigenvalue weighted by atomic mass is 127. The Kier molecular flexibility index (Phi) is 13.6. The maximum Gasteiger partial charge on any atom is 0.319 e. The first kappa shape index (κ1) is 29.4. The summed E-state index contributed by atoms with van der Waals surface area (Å²) in [5, 5.41) is 5.72. The number of anilines is 1. The number of carbonyl (C=O) groups excluding carboxylic acids is 2. The summed E-state index contributed by atoms with van der Waals surface area (Å²) in [4.78, 5) is 23.6. The molecule has 8 heteroatoms. The van der Waals surface area contributed by atoms with Crippen molar-refractivity contribution < 1.29 is 14.3 Å². The maximum atomic E-state index is 12.1. The second-order valence-corrected chi connectivity index (χ2v) is 9.06. The van der Waals surface area contributed by atoms with Gasteiger partial charge in [0.1, 0.15) is 0 Å². The molecule has 0 saturated carbocycles. The second-order valence-electron chi connectivity index (χ2n) is 8.14. The van der Waals surface area contributed by atoms with Crippen molar-refractivity contribution >= 4 is 57.6 Å². The third-order valence-electron chi connectivity index (χ3n) is 5.87. The van der Waals surface area contributed by atoms with Crippen LogP contribution in [0, 0.1) is 0 Å². The molecule has 2 rings (SSSR count). The molecule has 2 aromatic carbocycles. The van der Waals surface area contributed by atoms with Crippen molar-refractivity contribution in [2.75, 3.05) is 19.0 Å². The van der Waals surface area contributed by atoms with Gasteiger partial charge in [-0.15, -0.1) is 24.0 Å². The Bertz CT molecular complexity index is 852. The number of halogens is 2. The Labute approximate surface area is 222 Å². The van der Waals surface area contributed by atoms with Crippen LogP contribution in [0.3, 0.4) is 0 Å². The zero-order chi connectivity index (χ0) is 23.4. The topological polar surface area (TPSA) is 93.4 Å². The number of urea groups is 1. The lowest BCUT2D eigenvalue weighted by molar-refractivity contribution is -0.140. The van der Waals surface area contributed by atoms with Gasteiger partial charge in [-0.05, 0) is 67.9 Å². The average Bonchev–Trinajstić information content (AvgIpc) is 2.80. The van der Waals surface area contributed by atoms with Crippen LogP contribution >= 0.6 is 39.9 Å². The van der Waals surface area contributed by atoms with E-state index >= 15 is 0 Å². The van der Waals surface area contributed by atoms with Crippen molar-refractivity contribution in [3.8, 4) is 0 Å². The lowest BCUT2D eigenvalue weighted by Crippen LogP contribution is -2.45.